The summed E-state index contributed by atoms with van der Waals surface area (Å²) in [5.74, 6) is 0.540. The Morgan fingerprint density at radius 3 is 2.21 bits per heavy atom. The van der Waals surface area contributed by atoms with Crippen molar-refractivity contribution in [2.45, 2.75) is 33.0 Å². The Hall–Kier alpha value is -2.54. The molecule has 0 saturated carbocycles. The first-order valence-corrected chi connectivity index (χ1v) is 9.23. The lowest BCUT2D eigenvalue weighted by molar-refractivity contribution is -0.137. The molecule has 0 radical (unpaired) electrons. The Bertz CT molecular complexity index is 744. The van der Waals surface area contributed by atoms with E-state index < -0.39 is 11.7 Å². The van der Waals surface area contributed by atoms with Gasteiger partial charge < -0.3 is 10.1 Å². The van der Waals surface area contributed by atoms with Crippen molar-refractivity contribution >= 4 is 11.6 Å². The van der Waals surface area contributed by atoms with Crippen LogP contribution in [0.25, 0.3) is 0 Å². The molecule has 0 heterocycles. The summed E-state index contributed by atoms with van der Waals surface area (Å²) in [7, 11) is 0. The van der Waals surface area contributed by atoms with Gasteiger partial charge in [-0.3, -0.25) is 9.69 Å². The molecule has 0 unspecified atom stereocenters. The number of hydrogen-bond donors (Lipinski definition) is 1. The van der Waals surface area contributed by atoms with Gasteiger partial charge in [-0.1, -0.05) is 26.0 Å². The predicted molar refractivity (Wildman–Crippen MR) is 103 cm³/mol. The number of carbonyl (C=O) groups is 1. The molecule has 0 bridgehead atoms. The van der Waals surface area contributed by atoms with Gasteiger partial charge >= 0.3 is 6.18 Å². The summed E-state index contributed by atoms with van der Waals surface area (Å²) in [6.07, 6.45) is -3.45. The Morgan fingerprint density at radius 2 is 1.68 bits per heavy atom. The standard InChI is InChI=1S/C21H25F3N2O2/c1-3-13-28-19-11-5-16(6-12-19)14-26(4-2)15-20(27)25-18-9-7-17(8-10-18)21(22,23)24/h5-12H,3-4,13-15H2,1-2H3,(H,25,27). The summed E-state index contributed by atoms with van der Waals surface area (Å²) in [5.41, 5.74) is 0.645. The molecule has 7 heteroatoms. The molecular weight excluding hydrogens is 369 g/mol. The van der Waals surface area contributed by atoms with Crippen LogP contribution in [-0.2, 0) is 17.5 Å². The van der Waals surface area contributed by atoms with Crippen LogP contribution in [0.5, 0.6) is 5.75 Å². The van der Waals surface area contributed by atoms with E-state index in [1.807, 2.05) is 43.0 Å². The molecule has 152 valence electrons. The third-order valence-electron chi connectivity index (χ3n) is 4.11. The van der Waals surface area contributed by atoms with Gasteiger partial charge in [-0.2, -0.15) is 13.2 Å². The topological polar surface area (TPSA) is 41.6 Å². The molecule has 0 spiro atoms. The van der Waals surface area contributed by atoms with Gasteiger partial charge in [-0.25, -0.2) is 0 Å². The highest BCUT2D eigenvalue weighted by atomic mass is 19.4. The molecule has 2 aromatic rings. The second-order valence-corrected chi connectivity index (χ2v) is 6.42. The van der Waals surface area contributed by atoms with Crippen LogP contribution in [0.4, 0.5) is 18.9 Å². The second kappa shape index (κ2) is 10.1. The van der Waals surface area contributed by atoms with Gasteiger partial charge in [0.15, 0.2) is 0 Å². The van der Waals surface area contributed by atoms with Crippen LogP contribution in [0.1, 0.15) is 31.4 Å². The van der Waals surface area contributed by atoms with Crippen LogP contribution >= 0.6 is 0 Å². The first-order chi connectivity index (χ1) is 13.3. The van der Waals surface area contributed by atoms with Crippen LogP contribution in [0.2, 0.25) is 0 Å². The maximum absolute atomic E-state index is 12.6. The number of anilines is 1. The third-order valence-corrected chi connectivity index (χ3v) is 4.11. The zero-order valence-corrected chi connectivity index (χ0v) is 16.1. The molecule has 0 fully saturated rings. The van der Waals surface area contributed by atoms with Crippen LogP contribution in [0, 0.1) is 0 Å². The zero-order chi connectivity index (χ0) is 20.6. The van der Waals surface area contributed by atoms with E-state index in [1.165, 1.54) is 12.1 Å². The molecule has 0 aromatic heterocycles. The fraction of sp³-hybridized carbons (Fsp3) is 0.381. The molecule has 4 nitrogen and oxygen atoms in total. The van der Waals surface area contributed by atoms with Crippen molar-refractivity contribution in [2.24, 2.45) is 0 Å². The number of rotatable bonds is 9. The van der Waals surface area contributed by atoms with Crippen molar-refractivity contribution in [3.05, 3.63) is 59.7 Å². The highest BCUT2D eigenvalue weighted by Gasteiger charge is 2.30. The van der Waals surface area contributed by atoms with E-state index in [2.05, 4.69) is 5.32 Å². The van der Waals surface area contributed by atoms with Crippen LogP contribution < -0.4 is 10.1 Å². The average molecular weight is 394 g/mol. The smallest absolute Gasteiger partial charge is 0.416 e. The number of benzene rings is 2. The first kappa shape index (κ1) is 21.8. The SMILES string of the molecule is CCCOc1ccc(CN(CC)CC(=O)Nc2ccc(C(F)(F)F)cc2)cc1. The van der Waals surface area contributed by atoms with E-state index >= 15 is 0 Å². The fourth-order valence-electron chi connectivity index (χ4n) is 2.59. The Balaban J connectivity index is 1.88. The number of nitrogens with zero attached hydrogens (tertiary/aromatic N) is 1. The zero-order valence-electron chi connectivity index (χ0n) is 16.1. The summed E-state index contributed by atoms with van der Waals surface area (Å²) >= 11 is 0. The number of hydrogen-bond acceptors (Lipinski definition) is 3. The number of ether oxygens (including phenoxy) is 1. The summed E-state index contributed by atoms with van der Waals surface area (Å²) in [6.45, 7) is 6.06. The maximum atomic E-state index is 12.6. The minimum atomic E-state index is -4.39. The summed E-state index contributed by atoms with van der Waals surface area (Å²) in [4.78, 5) is 14.2. The molecular formula is C21H25F3N2O2. The minimum Gasteiger partial charge on any atom is -0.494 e. The molecule has 1 N–H and O–H groups in total. The second-order valence-electron chi connectivity index (χ2n) is 6.42. The van der Waals surface area contributed by atoms with Crippen molar-refractivity contribution in [1.82, 2.24) is 4.90 Å². The highest BCUT2D eigenvalue weighted by Crippen LogP contribution is 2.29. The molecule has 1 amide bonds. The van der Waals surface area contributed by atoms with Gasteiger partial charge in [0.25, 0.3) is 0 Å². The number of halogens is 3. The lowest BCUT2D eigenvalue weighted by Crippen LogP contribution is -2.32. The molecule has 0 saturated heterocycles. The van der Waals surface area contributed by atoms with Crippen LogP contribution in [-0.4, -0.2) is 30.5 Å². The normalized spacial score (nSPS) is 11.5. The first-order valence-electron chi connectivity index (χ1n) is 9.23. The Labute approximate surface area is 163 Å². The number of nitrogens with one attached hydrogen (secondary N) is 1. The molecule has 2 rings (SSSR count). The van der Waals surface area contributed by atoms with Gasteiger partial charge in [-0.15, -0.1) is 0 Å². The van der Waals surface area contributed by atoms with E-state index in [0.29, 0.717) is 25.4 Å². The Morgan fingerprint density at radius 1 is 1.04 bits per heavy atom. The lowest BCUT2D eigenvalue weighted by atomic mass is 10.2. The largest absolute Gasteiger partial charge is 0.494 e. The van der Waals surface area contributed by atoms with E-state index in [0.717, 1.165) is 29.9 Å². The number of carbonyl (C=O) groups excluding carboxylic acids is 1. The number of alkyl halides is 3. The van der Waals surface area contributed by atoms with E-state index in [-0.39, 0.29) is 12.5 Å². The number of likely N-dealkylation sites (N-methyl/N-ethyl adjacent to an activating group) is 1. The van der Waals surface area contributed by atoms with E-state index in [4.69, 9.17) is 4.74 Å². The maximum Gasteiger partial charge on any atom is 0.416 e. The summed E-state index contributed by atoms with van der Waals surface area (Å²) in [5, 5.41) is 2.64. The molecule has 0 aliphatic carbocycles. The predicted octanol–water partition coefficient (Wildman–Crippen LogP) is 4.95. The molecule has 2 aromatic carbocycles. The third kappa shape index (κ3) is 6.88. The molecule has 28 heavy (non-hydrogen) atoms. The van der Waals surface area contributed by atoms with Crippen molar-refractivity contribution in [3.8, 4) is 5.75 Å². The van der Waals surface area contributed by atoms with E-state index in [1.54, 1.807) is 0 Å². The molecule has 0 aliphatic rings. The average Bonchev–Trinajstić information content (AvgIpc) is 2.66. The summed E-state index contributed by atoms with van der Waals surface area (Å²) < 4.78 is 43.3. The lowest BCUT2D eigenvalue weighted by Gasteiger charge is -2.20. The van der Waals surface area contributed by atoms with E-state index in [9.17, 15) is 18.0 Å². The van der Waals surface area contributed by atoms with Crippen molar-refractivity contribution in [1.29, 1.82) is 0 Å². The number of amides is 1. The van der Waals surface area contributed by atoms with Crippen LogP contribution in [0.15, 0.2) is 48.5 Å². The van der Waals surface area contributed by atoms with Crippen LogP contribution in [0.3, 0.4) is 0 Å². The highest BCUT2D eigenvalue weighted by molar-refractivity contribution is 5.92. The van der Waals surface area contributed by atoms with Crippen molar-refractivity contribution in [2.75, 3.05) is 25.0 Å². The fourth-order valence-corrected chi connectivity index (χ4v) is 2.59. The summed E-state index contributed by atoms with van der Waals surface area (Å²) in [6, 6.07) is 12.1. The van der Waals surface area contributed by atoms with Gasteiger partial charge in [0, 0.05) is 12.2 Å². The quantitative estimate of drug-likeness (QED) is 0.654. The molecule has 0 aliphatic heterocycles. The van der Waals surface area contributed by atoms with Gasteiger partial charge in [0.05, 0.1) is 18.7 Å². The van der Waals surface area contributed by atoms with Crippen molar-refractivity contribution < 1.29 is 22.7 Å². The monoisotopic (exact) mass is 394 g/mol. The van der Waals surface area contributed by atoms with Gasteiger partial charge in [0.1, 0.15) is 5.75 Å². The van der Waals surface area contributed by atoms with Crippen molar-refractivity contribution in [3.63, 3.8) is 0 Å². The van der Waals surface area contributed by atoms with Gasteiger partial charge in [0.2, 0.25) is 5.91 Å². The molecule has 0 atom stereocenters. The van der Waals surface area contributed by atoms with Gasteiger partial charge in [-0.05, 0) is 54.9 Å². The Kier molecular flexibility index (Phi) is 7.87. The minimum absolute atomic E-state index is 0.144.